The van der Waals surface area contributed by atoms with Gasteiger partial charge in [0.15, 0.2) is 0 Å². The van der Waals surface area contributed by atoms with Gasteiger partial charge in [-0.2, -0.15) is 0 Å². The maximum absolute atomic E-state index is 12.0. The average molecular weight is 268 g/mol. The minimum absolute atomic E-state index is 0.0206. The Labute approximate surface area is 114 Å². The van der Waals surface area contributed by atoms with Crippen molar-refractivity contribution >= 4 is 6.03 Å². The lowest BCUT2D eigenvalue weighted by Gasteiger charge is -2.54. The first-order valence-corrected chi connectivity index (χ1v) is 7.25. The normalized spacial score (nSPS) is 37.1. The molecule has 108 valence electrons. The van der Waals surface area contributed by atoms with E-state index in [-0.39, 0.29) is 29.5 Å². The third kappa shape index (κ3) is 2.13. The number of rotatable bonds is 4. The second kappa shape index (κ2) is 4.35. The highest BCUT2D eigenvalue weighted by molar-refractivity contribution is 5.74. The third-order valence-corrected chi connectivity index (χ3v) is 5.30. The van der Waals surface area contributed by atoms with Crippen LogP contribution < -0.4 is 10.6 Å². The van der Waals surface area contributed by atoms with E-state index < -0.39 is 0 Å². The van der Waals surface area contributed by atoms with E-state index in [1.807, 2.05) is 0 Å². The number of aliphatic hydroxyl groups excluding tert-OH is 1. The highest BCUT2D eigenvalue weighted by atomic mass is 16.5. The topological polar surface area (TPSA) is 70.6 Å². The molecule has 3 N–H and O–H groups in total. The molecule has 19 heavy (non-hydrogen) atoms. The molecule has 0 aromatic rings. The van der Waals surface area contributed by atoms with Crippen molar-refractivity contribution in [2.45, 2.75) is 45.3 Å². The van der Waals surface area contributed by atoms with Crippen LogP contribution in [0, 0.1) is 16.7 Å². The molecule has 0 bridgehead atoms. The molecule has 5 heteroatoms. The first-order valence-electron chi connectivity index (χ1n) is 7.25. The summed E-state index contributed by atoms with van der Waals surface area (Å²) in [7, 11) is 0. The van der Waals surface area contributed by atoms with Crippen LogP contribution in [0.15, 0.2) is 0 Å². The van der Waals surface area contributed by atoms with Crippen LogP contribution in [0.5, 0.6) is 0 Å². The van der Waals surface area contributed by atoms with Crippen molar-refractivity contribution < 1.29 is 14.6 Å². The van der Waals surface area contributed by atoms with Crippen molar-refractivity contribution in [3.05, 3.63) is 0 Å². The summed E-state index contributed by atoms with van der Waals surface area (Å²) in [5, 5.41) is 15.2. The molecule has 3 rings (SSSR count). The Morgan fingerprint density at radius 2 is 2.16 bits per heavy atom. The maximum Gasteiger partial charge on any atom is 0.315 e. The highest BCUT2D eigenvalue weighted by Crippen LogP contribution is 2.52. The van der Waals surface area contributed by atoms with E-state index in [0.29, 0.717) is 18.6 Å². The van der Waals surface area contributed by atoms with Crippen LogP contribution in [0.3, 0.4) is 0 Å². The fraction of sp³-hybridized carbons (Fsp3) is 0.929. The number of hydrogen-bond acceptors (Lipinski definition) is 3. The van der Waals surface area contributed by atoms with Gasteiger partial charge in [-0.15, -0.1) is 0 Å². The number of carbonyl (C=O) groups is 1. The summed E-state index contributed by atoms with van der Waals surface area (Å²) in [5.74, 6) is 0.466. The van der Waals surface area contributed by atoms with E-state index in [9.17, 15) is 9.90 Å². The quantitative estimate of drug-likeness (QED) is 0.708. The monoisotopic (exact) mass is 268 g/mol. The Morgan fingerprint density at radius 1 is 1.42 bits per heavy atom. The van der Waals surface area contributed by atoms with Gasteiger partial charge < -0.3 is 20.5 Å². The molecule has 3 aliphatic rings. The van der Waals surface area contributed by atoms with Crippen molar-refractivity contribution in [3.63, 3.8) is 0 Å². The Hall–Kier alpha value is -0.810. The van der Waals surface area contributed by atoms with E-state index in [1.54, 1.807) is 0 Å². The van der Waals surface area contributed by atoms with Gasteiger partial charge in [0, 0.05) is 35.9 Å². The predicted molar refractivity (Wildman–Crippen MR) is 70.7 cm³/mol. The highest BCUT2D eigenvalue weighted by Gasteiger charge is 2.59. The van der Waals surface area contributed by atoms with E-state index in [4.69, 9.17) is 4.74 Å². The lowest BCUT2D eigenvalue weighted by atomic mass is 9.57. The summed E-state index contributed by atoms with van der Waals surface area (Å²) < 4.78 is 5.72. The number of ether oxygens (including phenoxy) is 1. The van der Waals surface area contributed by atoms with Crippen molar-refractivity contribution in [1.82, 2.24) is 10.6 Å². The van der Waals surface area contributed by atoms with Crippen LogP contribution in [0.4, 0.5) is 4.79 Å². The molecule has 5 nitrogen and oxygen atoms in total. The predicted octanol–water partition coefficient (Wildman–Crippen LogP) is 0.872. The second-order valence-corrected chi connectivity index (χ2v) is 7.03. The van der Waals surface area contributed by atoms with Crippen molar-refractivity contribution in [2.75, 3.05) is 19.8 Å². The molecule has 3 fully saturated rings. The summed E-state index contributed by atoms with van der Waals surface area (Å²) in [6.45, 7) is 5.86. The number of carbonyl (C=O) groups excluding carboxylic acids is 1. The number of amides is 2. The molecule has 2 aliphatic carbocycles. The third-order valence-electron chi connectivity index (χ3n) is 5.30. The van der Waals surface area contributed by atoms with Crippen molar-refractivity contribution in [1.29, 1.82) is 0 Å². The zero-order chi connectivity index (χ0) is 13.7. The van der Waals surface area contributed by atoms with Crippen LogP contribution in [-0.4, -0.2) is 43.0 Å². The van der Waals surface area contributed by atoms with Gasteiger partial charge >= 0.3 is 6.03 Å². The molecule has 3 atom stereocenters. The summed E-state index contributed by atoms with van der Waals surface area (Å²) in [5.41, 5.74) is -0.0156. The zero-order valence-electron chi connectivity index (χ0n) is 11.7. The zero-order valence-corrected chi connectivity index (χ0v) is 11.7. The molecule has 2 amide bonds. The number of fused-ring (bicyclic) bond motifs is 1. The Balaban J connectivity index is 1.50. The molecule has 0 unspecified atom stereocenters. The van der Waals surface area contributed by atoms with Gasteiger partial charge in [0.05, 0.1) is 12.7 Å². The van der Waals surface area contributed by atoms with Crippen LogP contribution in [-0.2, 0) is 4.74 Å². The lowest BCUT2D eigenvalue weighted by Crippen LogP contribution is -2.67. The van der Waals surface area contributed by atoms with Gasteiger partial charge in [-0.05, 0) is 19.3 Å². The first kappa shape index (κ1) is 13.2. The Morgan fingerprint density at radius 3 is 2.79 bits per heavy atom. The molecular weight excluding hydrogens is 244 g/mol. The first-order chi connectivity index (χ1) is 8.98. The van der Waals surface area contributed by atoms with E-state index in [1.165, 1.54) is 0 Å². The SMILES string of the molecule is CC1(C)[C@H](NC(=O)NCC2(CO)CC2)[C@@H]2CCO[C@H]21. The van der Waals surface area contributed by atoms with Crippen molar-refractivity contribution in [3.8, 4) is 0 Å². The molecule has 0 spiro atoms. The van der Waals surface area contributed by atoms with Crippen LogP contribution >= 0.6 is 0 Å². The summed E-state index contributed by atoms with van der Waals surface area (Å²) >= 11 is 0. The molecule has 0 aromatic heterocycles. The van der Waals surface area contributed by atoms with Crippen LogP contribution in [0.25, 0.3) is 0 Å². The van der Waals surface area contributed by atoms with Gasteiger partial charge in [0.1, 0.15) is 0 Å². The number of aliphatic hydroxyl groups is 1. The fourth-order valence-electron chi connectivity index (χ4n) is 3.64. The molecule has 0 radical (unpaired) electrons. The Kier molecular flexibility index (Phi) is 3.02. The van der Waals surface area contributed by atoms with E-state index in [2.05, 4.69) is 24.5 Å². The minimum Gasteiger partial charge on any atom is -0.396 e. The van der Waals surface area contributed by atoms with Crippen LogP contribution in [0.1, 0.15) is 33.1 Å². The average Bonchev–Trinajstić information content (AvgIpc) is 3.03. The number of hydrogen-bond donors (Lipinski definition) is 3. The fourth-order valence-corrected chi connectivity index (χ4v) is 3.64. The summed E-state index contributed by atoms with van der Waals surface area (Å²) in [4.78, 5) is 12.0. The van der Waals surface area contributed by atoms with Gasteiger partial charge in [-0.1, -0.05) is 13.8 Å². The molecule has 1 heterocycles. The molecular formula is C14H24N2O3. The minimum atomic E-state index is -0.108. The standard InChI is InChI=1S/C14H24N2O3/c1-13(2)10(9-3-6-19-11(9)13)16-12(18)15-7-14(8-17)4-5-14/h9-11,17H,3-8H2,1-2H3,(H2,15,16,18)/t9-,10+,11+/m0/s1. The molecule has 2 saturated carbocycles. The number of urea groups is 1. The van der Waals surface area contributed by atoms with E-state index >= 15 is 0 Å². The van der Waals surface area contributed by atoms with Gasteiger partial charge in [0.2, 0.25) is 0 Å². The summed E-state index contributed by atoms with van der Waals surface area (Å²) in [6, 6.07) is 0.0902. The second-order valence-electron chi connectivity index (χ2n) is 7.03. The molecule has 1 aliphatic heterocycles. The Bertz CT molecular complexity index is 379. The number of nitrogens with one attached hydrogen (secondary N) is 2. The van der Waals surface area contributed by atoms with Crippen LogP contribution in [0.2, 0.25) is 0 Å². The maximum atomic E-state index is 12.0. The van der Waals surface area contributed by atoms with Gasteiger partial charge in [-0.25, -0.2) is 4.79 Å². The lowest BCUT2D eigenvalue weighted by molar-refractivity contribution is -0.108. The van der Waals surface area contributed by atoms with Gasteiger partial charge in [-0.3, -0.25) is 0 Å². The van der Waals surface area contributed by atoms with E-state index in [0.717, 1.165) is 25.9 Å². The summed E-state index contributed by atoms with van der Waals surface area (Å²) in [6.07, 6.45) is 3.36. The van der Waals surface area contributed by atoms with Gasteiger partial charge in [0.25, 0.3) is 0 Å². The smallest absolute Gasteiger partial charge is 0.315 e. The largest absolute Gasteiger partial charge is 0.396 e. The van der Waals surface area contributed by atoms with Crippen molar-refractivity contribution in [2.24, 2.45) is 16.7 Å². The molecule has 0 aromatic carbocycles. The molecule has 1 saturated heterocycles.